The Bertz CT molecular complexity index is 894. The Labute approximate surface area is 174 Å². The van der Waals surface area contributed by atoms with Gasteiger partial charge in [0.1, 0.15) is 11.6 Å². The Hall–Kier alpha value is -2.42. The molecular weight excluding hydrogens is 396 g/mol. The fraction of sp³-hybridized carbons (Fsp3) is 0.619. The van der Waals surface area contributed by atoms with E-state index in [4.69, 9.17) is 14.2 Å². The first kappa shape index (κ1) is 22.3. The largest absolute Gasteiger partial charge is 0.488 e. The minimum Gasteiger partial charge on any atom is -0.488 e. The molecule has 0 saturated heterocycles. The maximum absolute atomic E-state index is 14.7. The molecule has 1 N–H and O–H groups in total. The Morgan fingerprint density at radius 2 is 1.97 bits per heavy atom. The number of carbonyl (C=O) groups excluding carboxylic acids is 1. The van der Waals surface area contributed by atoms with Crippen LogP contribution < -0.4 is 14.8 Å². The number of hydrogen-bond donors (Lipinski definition) is 1. The first-order valence-electron chi connectivity index (χ1n) is 10.3. The van der Waals surface area contributed by atoms with Crippen LogP contribution in [-0.4, -0.2) is 46.9 Å². The molecule has 166 valence electrons. The zero-order chi connectivity index (χ0) is 21.8. The summed E-state index contributed by atoms with van der Waals surface area (Å²) in [5.74, 6) is -2.03. The molecule has 1 aliphatic carbocycles. The number of halogens is 2. The van der Waals surface area contributed by atoms with Crippen molar-refractivity contribution in [2.45, 2.75) is 64.7 Å². The monoisotopic (exact) mass is 425 g/mol. The maximum atomic E-state index is 14.7. The fourth-order valence-electron chi connectivity index (χ4n) is 3.77. The molecule has 0 radical (unpaired) electrons. The number of hydrogen-bond acceptors (Lipinski definition) is 5. The first-order chi connectivity index (χ1) is 14.3. The molecule has 0 spiro atoms. The number of aryl methyl sites for hydroxylation is 1. The molecule has 7 nitrogen and oxygen atoms in total. The van der Waals surface area contributed by atoms with E-state index in [1.165, 1.54) is 11.5 Å². The molecule has 0 unspecified atom stereocenters. The molecule has 1 fully saturated rings. The molecule has 0 aliphatic heterocycles. The molecule has 3 rings (SSSR count). The Balaban J connectivity index is 1.60. The lowest BCUT2D eigenvalue weighted by molar-refractivity contribution is -0.120. The van der Waals surface area contributed by atoms with E-state index in [0.717, 1.165) is 31.7 Å². The van der Waals surface area contributed by atoms with Crippen LogP contribution in [0.3, 0.4) is 0 Å². The molecule has 2 aromatic rings. The van der Waals surface area contributed by atoms with Crippen molar-refractivity contribution in [3.63, 3.8) is 0 Å². The number of nitrogens with zero attached hydrogens (tertiary/aromatic N) is 2. The molecule has 1 aromatic carbocycles. The van der Waals surface area contributed by atoms with Gasteiger partial charge in [-0.15, -0.1) is 0 Å². The van der Waals surface area contributed by atoms with Gasteiger partial charge in [0.25, 0.3) is 6.01 Å². The Morgan fingerprint density at radius 3 is 2.60 bits per heavy atom. The second-order valence-electron chi connectivity index (χ2n) is 7.71. The zero-order valence-corrected chi connectivity index (χ0v) is 17.8. The third kappa shape index (κ3) is 5.00. The highest BCUT2D eigenvalue weighted by Crippen LogP contribution is 2.33. The van der Waals surface area contributed by atoms with Gasteiger partial charge in [-0.1, -0.05) is 0 Å². The average molecular weight is 425 g/mol. The predicted octanol–water partition coefficient (Wildman–Crippen LogP) is 3.48. The lowest BCUT2D eigenvalue weighted by Crippen LogP contribution is -2.37. The molecule has 0 bridgehead atoms. The van der Waals surface area contributed by atoms with Crippen LogP contribution in [0, 0.1) is 11.6 Å². The van der Waals surface area contributed by atoms with Gasteiger partial charge in [0.15, 0.2) is 17.4 Å². The topological polar surface area (TPSA) is 74.6 Å². The Morgan fingerprint density at radius 1 is 1.30 bits per heavy atom. The maximum Gasteiger partial charge on any atom is 0.297 e. The number of aromatic nitrogens is 2. The van der Waals surface area contributed by atoms with E-state index in [1.54, 1.807) is 14.0 Å². The van der Waals surface area contributed by atoms with E-state index in [9.17, 15) is 13.6 Å². The van der Waals surface area contributed by atoms with Crippen LogP contribution in [0.15, 0.2) is 6.07 Å². The van der Waals surface area contributed by atoms with Gasteiger partial charge in [0.05, 0.1) is 24.8 Å². The third-order valence-electron chi connectivity index (χ3n) is 5.18. The van der Waals surface area contributed by atoms with Gasteiger partial charge in [-0.25, -0.2) is 8.78 Å². The van der Waals surface area contributed by atoms with Crippen molar-refractivity contribution in [1.82, 2.24) is 14.9 Å². The second kappa shape index (κ2) is 9.59. The smallest absolute Gasteiger partial charge is 0.297 e. The molecule has 1 atom stereocenters. The van der Waals surface area contributed by atoms with Crippen LogP contribution in [0.2, 0.25) is 0 Å². The highest BCUT2D eigenvalue weighted by molar-refractivity contribution is 5.79. The van der Waals surface area contributed by atoms with Crippen LogP contribution in [0.4, 0.5) is 8.78 Å². The predicted molar refractivity (Wildman–Crippen MR) is 108 cm³/mol. The van der Waals surface area contributed by atoms with Crippen LogP contribution >= 0.6 is 0 Å². The molecule has 30 heavy (non-hydrogen) atoms. The van der Waals surface area contributed by atoms with Gasteiger partial charge >= 0.3 is 0 Å². The summed E-state index contributed by atoms with van der Waals surface area (Å²) in [4.78, 5) is 15.3. The number of nitrogens with one attached hydrogen (secondary N) is 1. The molecule has 1 aliphatic rings. The zero-order valence-electron chi connectivity index (χ0n) is 17.8. The van der Waals surface area contributed by atoms with E-state index in [2.05, 4.69) is 10.3 Å². The van der Waals surface area contributed by atoms with Gasteiger partial charge in [0, 0.05) is 26.1 Å². The van der Waals surface area contributed by atoms with E-state index in [1.807, 2.05) is 6.92 Å². The normalized spacial score (nSPS) is 20.2. The number of rotatable bonds is 8. The lowest BCUT2D eigenvalue weighted by atomic mass is 9.95. The van der Waals surface area contributed by atoms with Crippen molar-refractivity contribution in [2.24, 2.45) is 7.05 Å². The second-order valence-corrected chi connectivity index (χ2v) is 7.71. The standard InChI is InChI=1S/C21H29F2N3O4/c1-5-28-20-16(22)10-17-19(18(20)23)26(4)21(25-17)30-15-8-6-14(7-9-15)29-11-12(2)24-13(3)27/h10,12,14-15H,5-9,11H2,1-4H3,(H,24,27)/t12-,14?,15?/m0/s1. The van der Waals surface area contributed by atoms with Gasteiger partial charge < -0.3 is 19.5 Å². The molecule has 1 aromatic heterocycles. The van der Waals surface area contributed by atoms with Gasteiger partial charge in [-0.05, 0) is 39.5 Å². The third-order valence-corrected chi connectivity index (χ3v) is 5.18. The van der Waals surface area contributed by atoms with Crippen LogP contribution in [0.1, 0.15) is 46.5 Å². The summed E-state index contributed by atoms with van der Waals surface area (Å²) in [5.41, 5.74) is 0.341. The van der Waals surface area contributed by atoms with E-state index >= 15 is 0 Å². The number of imidazole rings is 1. The van der Waals surface area contributed by atoms with E-state index in [0.29, 0.717) is 6.61 Å². The molecule has 1 saturated carbocycles. The van der Waals surface area contributed by atoms with E-state index < -0.39 is 17.4 Å². The SMILES string of the molecule is CCOc1c(F)cc2nc(OC3CCC(OC[C@H](C)NC(C)=O)CC3)n(C)c2c1F. The van der Waals surface area contributed by atoms with Gasteiger partial charge in [-0.2, -0.15) is 4.98 Å². The van der Waals surface area contributed by atoms with Crippen molar-refractivity contribution in [2.75, 3.05) is 13.2 Å². The van der Waals surface area contributed by atoms with Crippen LogP contribution in [0.25, 0.3) is 11.0 Å². The summed E-state index contributed by atoms with van der Waals surface area (Å²) in [7, 11) is 1.64. The summed E-state index contributed by atoms with van der Waals surface area (Å²) in [6, 6.07) is 1.38. The molecule has 1 heterocycles. The Kier molecular flexibility index (Phi) is 7.12. The highest BCUT2D eigenvalue weighted by Gasteiger charge is 2.26. The van der Waals surface area contributed by atoms with Crippen LogP contribution in [0.5, 0.6) is 11.8 Å². The summed E-state index contributed by atoms with van der Waals surface area (Å²) in [6.45, 7) is 5.68. The van der Waals surface area contributed by atoms with E-state index in [-0.39, 0.29) is 47.8 Å². The fourth-order valence-corrected chi connectivity index (χ4v) is 3.77. The van der Waals surface area contributed by atoms with Crippen molar-refractivity contribution < 1.29 is 27.8 Å². The van der Waals surface area contributed by atoms with Crippen molar-refractivity contribution in [1.29, 1.82) is 0 Å². The van der Waals surface area contributed by atoms with Crippen molar-refractivity contribution in [3.05, 3.63) is 17.7 Å². The van der Waals surface area contributed by atoms with Gasteiger partial charge in [0.2, 0.25) is 5.91 Å². The quantitative estimate of drug-likeness (QED) is 0.701. The van der Waals surface area contributed by atoms with Gasteiger partial charge in [-0.3, -0.25) is 9.36 Å². The van der Waals surface area contributed by atoms with Crippen LogP contribution in [-0.2, 0) is 16.6 Å². The summed E-state index contributed by atoms with van der Waals surface area (Å²) in [6.07, 6.45) is 3.21. The van der Waals surface area contributed by atoms with Crippen molar-refractivity contribution >= 4 is 16.9 Å². The minimum atomic E-state index is -0.780. The number of ether oxygens (including phenoxy) is 3. The number of amides is 1. The molecular formula is C21H29F2N3O4. The number of fused-ring (bicyclic) bond motifs is 1. The molecule has 1 amide bonds. The molecule has 9 heteroatoms. The summed E-state index contributed by atoms with van der Waals surface area (Å²) in [5, 5.41) is 2.80. The minimum absolute atomic E-state index is 0.0339. The first-order valence-corrected chi connectivity index (χ1v) is 10.3. The average Bonchev–Trinajstić information content (AvgIpc) is 2.99. The number of carbonyl (C=O) groups is 1. The highest BCUT2D eigenvalue weighted by atomic mass is 19.1. The lowest BCUT2D eigenvalue weighted by Gasteiger charge is -2.29. The summed E-state index contributed by atoms with van der Waals surface area (Å²) < 4.78 is 47.3. The number of benzene rings is 1. The summed E-state index contributed by atoms with van der Waals surface area (Å²) >= 11 is 0. The van der Waals surface area contributed by atoms with Crippen molar-refractivity contribution in [3.8, 4) is 11.8 Å².